The maximum absolute atomic E-state index is 5.56. The van der Waals surface area contributed by atoms with Crippen molar-refractivity contribution in [3.05, 3.63) is 48.1 Å². The summed E-state index contributed by atoms with van der Waals surface area (Å²) >= 11 is 5.56. The lowest BCUT2D eigenvalue weighted by Gasteiger charge is -1.94. The summed E-state index contributed by atoms with van der Waals surface area (Å²) in [6.07, 6.45) is 3.58. The zero-order valence-electron chi connectivity index (χ0n) is 6.15. The molecule has 0 unspecified atom stereocenters. The summed E-state index contributed by atoms with van der Waals surface area (Å²) in [4.78, 5) is 0. The number of hydrogen-bond acceptors (Lipinski definition) is 0. The van der Waals surface area contributed by atoms with E-state index in [0.717, 1.165) is 11.1 Å². The molecule has 0 amide bonds. The maximum Gasteiger partial charge on any atom is 0.0400 e. The van der Waals surface area contributed by atoms with Crippen molar-refractivity contribution in [3.8, 4) is 0 Å². The SMILES string of the molecule is C=C/C(C)=C\C(=C)C(=C)Cl. The molecule has 0 N–H and O–H groups in total. The van der Waals surface area contributed by atoms with Crippen LogP contribution in [0.1, 0.15) is 6.92 Å². The Balaban J connectivity index is 4.27. The fourth-order valence-corrected chi connectivity index (χ4v) is 0.467. The third kappa shape index (κ3) is 3.31. The Kier molecular flexibility index (Phi) is 3.82. The summed E-state index contributed by atoms with van der Waals surface area (Å²) in [7, 11) is 0. The topological polar surface area (TPSA) is 0 Å². The lowest BCUT2D eigenvalue weighted by molar-refractivity contribution is 1.50. The lowest BCUT2D eigenvalue weighted by Crippen LogP contribution is -1.74. The zero-order chi connectivity index (χ0) is 8.15. The fraction of sp³-hybridized carbons (Fsp3) is 0.111. The molecule has 0 aliphatic rings. The van der Waals surface area contributed by atoms with Gasteiger partial charge in [0, 0.05) is 5.03 Å². The van der Waals surface area contributed by atoms with Crippen LogP contribution in [0.25, 0.3) is 0 Å². The van der Waals surface area contributed by atoms with Crippen molar-refractivity contribution in [2.75, 3.05) is 0 Å². The molecule has 0 heterocycles. The van der Waals surface area contributed by atoms with E-state index in [0.29, 0.717) is 5.03 Å². The second-order valence-electron chi connectivity index (χ2n) is 2.02. The van der Waals surface area contributed by atoms with Gasteiger partial charge in [0.1, 0.15) is 0 Å². The van der Waals surface area contributed by atoms with Gasteiger partial charge in [-0.25, -0.2) is 0 Å². The van der Waals surface area contributed by atoms with Crippen molar-refractivity contribution >= 4 is 11.6 Å². The van der Waals surface area contributed by atoms with Gasteiger partial charge in [-0.2, -0.15) is 0 Å². The quantitative estimate of drug-likeness (QED) is 0.547. The van der Waals surface area contributed by atoms with Crippen molar-refractivity contribution < 1.29 is 0 Å². The first kappa shape index (κ1) is 9.25. The second-order valence-corrected chi connectivity index (χ2v) is 2.48. The predicted octanol–water partition coefficient (Wildman–Crippen LogP) is 3.43. The van der Waals surface area contributed by atoms with Crippen molar-refractivity contribution in [2.24, 2.45) is 0 Å². The Morgan fingerprint density at radius 2 is 1.90 bits per heavy atom. The van der Waals surface area contributed by atoms with Crippen LogP contribution >= 0.6 is 11.6 Å². The lowest BCUT2D eigenvalue weighted by atomic mass is 10.2. The highest BCUT2D eigenvalue weighted by molar-refractivity contribution is 6.31. The normalized spacial score (nSPS) is 10.8. The van der Waals surface area contributed by atoms with Gasteiger partial charge in [0.25, 0.3) is 0 Å². The molecule has 0 fully saturated rings. The molecule has 0 aliphatic heterocycles. The summed E-state index contributed by atoms with van der Waals surface area (Å²) in [5, 5.41) is 0.473. The van der Waals surface area contributed by atoms with E-state index in [1.54, 1.807) is 6.08 Å². The first-order valence-corrected chi connectivity index (χ1v) is 3.30. The largest absolute Gasteiger partial charge is 0.0988 e. The highest BCUT2D eigenvalue weighted by Crippen LogP contribution is 2.12. The molecule has 0 aromatic heterocycles. The molecule has 0 spiro atoms. The monoisotopic (exact) mass is 154 g/mol. The molecular weight excluding hydrogens is 144 g/mol. The minimum Gasteiger partial charge on any atom is -0.0988 e. The summed E-state index contributed by atoms with van der Waals surface area (Å²) in [6.45, 7) is 12.7. The standard InChI is InChI=1S/C9H11Cl/c1-5-7(2)6-8(3)9(4)10/h5-6H,1,3-4H2,2H3/b7-6-. The predicted molar refractivity (Wildman–Crippen MR) is 48.1 cm³/mol. The average Bonchev–Trinajstić information content (AvgIpc) is 1.87. The third-order valence-electron chi connectivity index (χ3n) is 1.07. The fourth-order valence-electron chi connectivity index (χ4n) is 0.412. The molecule has 0 nitrogen and oxygen atoms in total. The van der Waals surface area contributed by atoms with Crippen LogP contribution in [0.15, 0.2) is 48.1 Å². The minimum atomic E-state index is 0.473. The Bertz CT molecular complexity index is 197. The van der Waals surface area contributed by atoms with Crippen LogP contribution in [0.5, 0.6) is 0 Å². The van der Waals surface area contributed by atoms with Crippen LogP contribution in [-0.4, -0.2) is 0 Å². The van der Waals surface area contributed by atoms with Crippen molar-refractivity contribution in [2.45, 2.75) is 6.92 Å². The number of hydrogen-bond donors (Lipinski definition) is 0. The van der Waals surface area contributed by atoms with Crippen molar-refractivity contribution in [1.29, 1.82) is 0 Å². The van der Waals surface area contributed by atoms with Crippen molar-refractivity contribution in [3.63, 3.8) is 0 Å². The van der Waals surface area contributed by atoms with E-state index in [1.165, 1.54) is 0 Å². The molecule has 0 rings (SSSR count). The second kappa shape index (κ2) is 4.13. The van der Waals surface area contributed by atoms with Gasteiger partial charge >= 0.3 is 0 Å². The molecule has 0 atom stereocenters. The minimum absolute atomic E-state index is 0.473. The Morgan fingerprint density at radius 1 is 1.40 bits per heavy atom. The van der Waals surface area contributed by atoms with Gasteiger partial charge in [-0.05, 0) is 12.5 Å². The highest BCUT2D eigenvalue weighted by Gasteiger charge is 1.90. The van der Waals surface area contributed by atoms with E-state index < -0.39 is 0 Å². The van der Waals surface area contributed by atoms with Crippen LogP contribution in [0, 0.1) is 0 Å². The Labute approximate surface area is 67.2 Å². The van der Waals surface area contributed by atoms with E-state index in [9.17, 15) is 0 Å². The van der Waals surface area contributed by atoms with E-state index >= 15 is 0 Å². The Morgan fingerprint density at radius 3 is 2.20 bits per heavy atom. The summed E-state index contributed by atoms with van der Waals surface area (Å²) in [5.41, 5.74) is 1.77. The van der Waals surface area contributed by atoms with Crippen LogP contribution in [-0.2, 0) is 0 Å². The van der Waals surface area contributed by atoms with Crippen LogP contribution < -0.4 is 0 Å². The van der Waals surface area contributed by atoms with E-state index in [4.69, 9.17) is 11.6 Å². The number of rotatable bonds is 3. The average molecular weight is 155 g/mol. The van der Waals surface area contributed by atoms with Gasteiger partial charge in [-0.15, -0.1) is 0 Å². The molecule has 10 heavy (non-hydrogen) atoms. The van der Waals surface area contributed by atoms with Gasteiger partial charge in [-0.3, -0.25) is 0 Å². The van der Waals surface area contributed by atoms with Gasteiger partial charge in [0.15, 0.2) is 0 Å². The molecule has 0 aromatic carbocycles. The van der Waals surface area contributed by atoms with Gasteiger partial charge in [0.2, 0.25) is 0 Å². The van der Waals surface area contributed by atoms with E-state index in [2.05, 4.69) is 19.7 Å². The summed E-state index contributed by atoms with van der Waals surface area (Å²) in [5.74, 6) is 0. The molecule has 0 aromatic rings. The Hall–Kier alpha value is -0.750. The van der Waals surface area contributed by atoms with Gasteiger partial charge < -0.3 is 0 Å². The molecule has 0 bridgehead atoms. The first-order valence-electron chi connectivity index (χ1n) is 2.92. The molecule has 0 saturated carbocycles. The van der Waals surface area contributed by atoms with Gasteiger partial charge in [0.05, 0.1) is 0 Å². The molecule has 1 heteroatoms. The maximum atomic E-state index is 5.56. The highest BCUT2D eigenvalue weighted by atomic mass is 35.5. The molecule has 0 saturated heterocycles. The summed E-state index contributed by atoms with van der Waals surface area (Å²) in [6, 6.07) is 0. The zero-order valence-corrected chi connectivity index (χ0v) is 6.91. The van der Waals surface area contributed by atoms with Crippen LogP contribution in [0.2, 0.25) is 0 Å². The van der Waals surface area contributed by atoms with Gasteiger partial charge in [-0.1, -0.05) is 49.1 Å². The first-order chi connectivity index (χ1) is 4.57. The number of allylic oxidation sites excluding steroid dienone is 5. The number of halogens is 1. The van der Waals surface area contributed by atoms with E-state index in [-0.39, 0.29) is 0 Å². The molecule has 54 valence electrons. The molecule has 0 aliphatic carbocycles. The van der Waals surface area contributed by atoms with Crippen LogP contribution in [0.4, 0.5) is 0 Å². The summed E-state index contributed by atoms with van der Waals surface area (Å²) < 4.78 is 0. The van der Waals surface area contributed by atoms with E-state index in [1.807, 2.05) is 13.0 Å². The van der Waals surface area contributed by atoms with Crippen molar-refractivity contribution in [1.82, 2.24) is 0 Å². The smallest absolute Gasteiger partial charge is 0.0400 e. The van der Waals surface area contributed by atoms with Crippen LogP contribution in [0.3, 0.4) is 0 Å². The third-order valence-corrected chi connectivity index (χ3v) is 1.32. The molecular formula is C9H11Cl. The molecule has 0 radical (unpaired) electrons.